The van der Waals surface area contributed by atoms with Crippen LogP contribution in [0.15, 0.2) is 54.6 Å². The fourth-order valence-corrected chi connectivity index (χ4v) is 1.62. The first-order valence-electron chi connectivity index (χ1n) is 5.58. The Balaban J connectivity index is 1.84. The van der Waals surface area contributed by atoms with Crippen LogP contribution in [0.1, 0.15) is 5.56 Å². The van der Waals surface area contributed by atoms with E-state index in [0.717, 1.165) is 11.3 Å². The predicted octanol–water partition coefficient (Wildman–Crippen LogP) is 3.03. The van der Waals surface area contributed by atoms with E-state index in [1.807, 2.05) is 42.5 Å². The van der Waals surface area contributed by atoms with Crippen molar-refractivity contribution in [2.75, 3.05) is 5.43 Å². The topological polar surface area (TPSA) is 41.1 Å². The Morgan fingerprint density at radius 3 is 2.33 bits per heavy atom. The zero-order chi connectivity index (χ0) is 12.8. The van der Waals surface area contributed by atoms with E-state index in [2.05, 4.69) is 10.9 Å². The van der Waals surface area contributed by atoms with Crippen LogP contribution in [-0.4, -0.2) is 5.91 Å². The van der Waals surface area contributed by atoms with Crippen molar-refractivity contribution in [2.45, 2.75) is 6.42 Å². The summed E-state index contributed by atoms with van der Waals surface area (Å²) in [5, 5.41) is 0.668. The largest absolute Gasteiger partial charge is 0.299 e. The van der Waals surface area contributed by atoms with Crippen molar-refractivity contribution in [1.82, 2.24) is 5.43 Å². The highest BCUT2D eigenvalue weighted by atomic mass is 35.5. The maximum atomic E-state index is 11.7. The van der Waals surface area contributed by atoms with Crippen molar-refractivity contribution >= 4 is 23.2 Å². The maximum Gasteiger partial charge on any atom is 0.242 e. The zero-order valence-electron chi connectivity index (χ0n) is 9.69. The van der Waals surface area contributed by atoms with Gasteiger partial charge < -0.3 is 0 Å². The number of amides is 1. The molecular formula is C14H13ClN2O. The second kappa shape index (κ2) is 6.07. The zero-order valence-corrected chi connectivity index (χ0v) is 10.4. The summed E-state index contributed by atoms with van der Waals surface area (Å²) >= 11 is 5.78. The van der Waals surface area contributed by atoms with Gasteiger partial charge in [0.1, 0.15) is 0 Å². The molecule has 0 bridgehead atoms. The van der Waals surface area contributed by atoms with Crippen LogP contribution in [0.25, 0.3) is 0 Å². The standard InChI is InChI=1S/C14H13ClN2O/c15-12-8-6-11(7-9-12)10-14(18)17-16-13-4-2-1-3-5-13/h1-9,16H,10H2,(H,17,18). The Hall–Kier alpha value is -2.00. The summed E-state index contributed by atoms with van der Waals surface area (Å²) < 4.78 is 0. The lowest BCUT2D eigenvalue weighted by Gasteiger charge is -2.08. The Labute approximate surface area is 111 Å². The summed E-state index contributed by atoms with van der Waals surface area (Å²) in [6, 6.07) is 16.7. The number of hydrazine groups is 1. The SMILES string of the molecule is O=C(Cc1ccc(Cl)cc1)NNc1ccccc1. The van der Waals surface area contributed by atoms with Gasteiger partial charge in [-0.05, 0) is 29.8 Å². The Kier molecular flexibility index (Phi) is 4.20. The van der Waals surface area contributed by atoms with Gasteiger partial charge in [-0.25, -0.2) is 0 Å². The average molecular weight is 261 g/mol. The second-order valence-electron chi connectivity index (χ2n) is 3.84. The van der Waals surface area contributed by atoms with Gasteiger partial charge >= 0.3 is 0 Å². The summed E-state index contributed by atoms with van der Waals surface area (Å²) in [4.78, 5) is 11.7. The summed E-state index contributed by atoms with van der Waals surface area (Å²) in [7, 11) is 0. The molecule has 0 aromatic heterocycles. The van der Waals surface area contributed by atoms with Crippen LogP contribution < -0.4 is 10.9 Å². The molecule has 0 unspecified atom stereocenters. The molecule has 0 aliphatic carbocycles. The van der Waals surface area contributed by atoms with E-state index in [1.165, 1.54) is 0 Å². The normalized spacial score (nSPS) is 9.83. The van der Waals surface area contributed by atoms with Crippen molar-refractivity contribution in [3.05, 3.63) is 65.2 Å². The van der Waals surface area contributed by atoms with Crippen LogP contribution >= 0.6 is 11.6 Å². The first kappa shape index (κ1) is 12.5. The molecule has 0 spiro atoms. The minimum absolute atomic E-state index is 0.0961. The third kappa shape index (κ3) is 3.79. The van der Waals surface area contributed by atoms with Crippen LogP contribution in [0, 0.1) is 0 Å². The maximum absolute atomic E-state index is 11.7. The van der Waals surface area contributed by atoms with E-state index >= 15 is 0 Å². The Morgan fingerprint density at radius 2 is 1.67 bits per heavy atom. The summed E-state index contributed by atoms with van der Waals surface area (Å²) in [6.45, 7) is 0. The van der Waals surface area contributed by atoms with E-state index in [0.29, 0.717) is 11.4 Å². The molecule has 1 amide bonds. The molecule has 18 heavy (non-hydrogen) atoms. The number of carbonyl (C=O) groups excluding carboxylic acids is 1. The van der Waals surface area contributed by atoms with Gasteiger partial charge in [0.15, 0.2) is 0 Å². The lowest BCUT2D eigenvalue weighted by molar-refractivity contribution is -0.119. The van der Waals surface area contributed by atoms with Gasteiger partial charge in [0.25, 0.3) is 0 Å². The molecule has 0 radical (unpaired) electrons. The Bertz CT molecular complexity index is 511. The fraction of sp³-hybridized carbons (Fsp3) is 0.0714. The number of benzene rings is 2. The highest BCUT2D eigenvalue weighted by Crippen LogP contribution is 2.10. The number of nitrogens with one attached hydrogen (secondary N) is 2. The van der Waals surface area contributed by atoms with E-state index in [9.17, 15) is 4.79 Å². The van der Waals surface area contributed by atoms with Gasteiger partial charge in [-0.1, -0.05) is 41.9 Å². The second-order valence-corrected chi connectivity index (χ2v) is 4.28. The number of halogens is 1. The lowest BCUT2D eigenvalue weighted by Crippen LogP contribution is -2.30. The molecule has 2 N–H and O–H groups in total. The number of carbonyl (C=O) groups is 1. The number of hydrogen-bond acceptors (Lipinski definition) is 2. The van der Waals surface area contributed by atoms with Crippen molar-refractivity contribution in [2.24, 2.45) is 0 Å². The molecule has 0 aliphatic rings. The third-order valence-electron chi connectivity index (χ3n) is 2.40. The number of hydrogen-bond donors (Lipinski definition) is 2. The number of para-hydroxylation sites is 1. The lowest BCUT2D eigenvalue weighted by atomic mass is 10.1. The van der Waals surface area contributed by atoms with E-state index in [1.54, 1.807) is 12.1 Å². The summed E-state index contributed by atoms with van der Waals surface area (Å²) in [5.74, 6) is -0.0961. The molecule has 92 valence electrons. The smallest absolute Gasteiger partial charge is 0.242 e. The van der Waals surface area contributed by atoms with E-state index < -0.39 is 0 Å². The predicted molar refractivity (Wildman–Crippen MR) is 73.4 cm³/mol. The highest BCUT2D eigenvalue weighted by Gasteiger charge is 2.02. The van der Waals surface area contributed by atoms with Crippen LogP contribution in [-0.2, 0) is 11.2 Å². The quantitative estimate of drug-likeness (QED) is 0.830. The average Bonchev–Trinajstić information content (AvgIpc) is 2.40. The molecule has 4 heteroatoms. The fourth-order valence-electron chi connectivity index (χ4n) is 1.50. The van der Waals surface area contributed by atoms with Gasteiger partial charge in [-0.2, -0.15) is 0 Å². The van der Waals surface area contributed by atoms with Crippen molar-refractivity contribution < 1.29 is 4.79 Å². The van der Waals surface area contributed by atoms with E-state index in [4.69, 9.17) is 11.6 Å². The first-order chi connectivity index (χ1) is 8.74. The number of anilines is 1. The molecule has 0 heterocycles. The molecule has 2 aromatic carbocycles. The van der Waals surface area contributed by atoms with Crippen LogP contribution in [0.5, 0.6) is 0 Å². The first-order valence-corrected chi connectivity index (χ1v) is 5.96. The monoisotopic (exact) mass is 260 g/mol. The Morgan fingerprint density at radius 1 is 1.00 bits per heavy atom. The highest BCUT2D eigenvalue weighted by molar-refractivity contribution is 6.30. The minimum atomic E-state index is -0.0961. The minimum Gasteiger partial charge on any atom is -0.299 e. The van der Waals surface area contributed by atoms with Crippen molar-refractivity contribution in [1.29, 1.82) is 0 Å². The molecule has 3 nitrogen and oxygen atoms in total. The van der Waals surface area contributed by atoms with Gasteiger partial charge in [0.2, 0.25) is 5.91 Å². The van der Waals surface area contributed by atoms with Gasteiger partial charge in [0.05, 0.1) is 12.1 Å². The number of rotatable bonds is 4. The van der Waals surface area contributed by atoms with Crippen LogP contribution in [0.3, 0.4) is 0 Å². The summed E-state index contributed by atoms with van der Waals surface area (Å²) in [5.41, 5.74) is 7.26. The molecule has 0 saturated heterocycles. The molecule has 0 atom stereocenters. The summed E-state index contributed by atoms with van der Waals surface area (Å²) in [6.07, 6.45) is 0.316. The molecule has 0 saturated carbocycles. The van der Waals surface area contributed by atoms with Crippen molar-refractivity contribution in [3.63, 3.8) is 0 Å². The molecule has 2 aromatic rings. The third-order valence-corrected chi connectivity index (χ3v) is 2.65. The molecule has 2 rings (SSSR count). The van der Waals surface area contributed by atoms with Crippen molar-refractivity contribution in [3.8, 4) is 0 Å². The van der Waals surface area contributed by atoms with Gasteiger partial charge in [-0.3, -0.25) is 15.6 Å². The molecular weight excluding hydrogens is 248 g/mol. The molecule has 0 fully saturated rings. The van der Waals surface area contributed by atoms with Gasteiger partial charge in [-0.15, -0.1) is 0 Å². The van der Waals surface area contributed by atoms with Crippen LogP contribution in [0.4, 0.5) is 5.69 Å². The molecule has 0 aliphatic heterocycles. The van der Waals surface area contributed by atoms with Crippen LogP contribution in [0.2, 0.25) is 5.02 Å². The van der Waals surface area contributed by atoms with Gasteiger partial charge in [0, 0.05) is 5.02 Å². The van der Waals surface area contributed by atoms with E-state index in [-0.39, 0.29) is 5.91 Å².